The lowest BCUT2D eigenvalue weighted by Gasteiger charge is -2.36. The summed E-state index contributed by atoms with van der Waals surface area (Å²) in [6, 6.07) is 13.1. The van der Waals surface area contributed by atoms with Crippen molar-refractivity contribution in [1.82, 2.24) is 4.31 Å². The van der Waals surface area contributed by atoms with Crippen molar-refractivity contribution in [2.75, 3.05) is 11.4 Å². The molecule has 2 aliphatic rings. The number of amides is 1. The number of hydrogen-bond donors (Lipinski definition) is 0. The van der Waals surface area contributed by atoms with Crippen LogP contribution >= 0.6 is 0 Å². The van der Waals surface area contributed by atoms with Gasteiger partial charge in [0.2, 0.25) is 15.9 Å². The molecule has 2 aromatic carbocycles. The molecule has 28 heavy (non-hydrogen) atoms. The van der Waals surface area contributed by atoms with Crippen LogP contribution in [0.2, 0.25) is 0 Å². The highest BCUT2D eigenvalue weighted by Gasteiger charge is 2.33. The summed E-state index contributed by atoms with van der Waals surface area (Å²) in [7, 11) is -3.64. The number of aryl methyl sites for hydroxylation is 2. The van der Waals surface area contributed by atoms with Gasteiger partial charge < -0.3 is 4.90 Å². The first-order valence-electron chi connectivity index (χ1n) is 9.90. The number of carbonyl (C=O) groups excluding carboxylic acids is 1. The Morgan fingerprint density at radius 2 is 1.71 bits per heavy atom. The third kappa shape index (κ3) is 3.35. The number of hydrogen-bond acceptors (Lipinski definition) is 3. The first-order valence-corrected chi connectivity index (χ1v) is 11.3. The van der Waals surface area contributed by atoms with Crippen molar-refractivity contribution >= 4 is 21.6 Å². The summed E-state index contributed by atoms with van der Waals surface area (Å²) in [4.78, 5) is 14.5. The quantitative estimate of drug-likeness (QED) is 0.774. The third-order valence-electron chi connectivity index (χ3n) is 5.61. The van der Waals surface area contributed by atoms with Gasteiger partial charge in [0, 0.05) is 25.6 Å². The Morgan fingerprint density at radius 1 is 1.04 bits per heavy atom. The lowest BCUT2D eigenvalue weighted by atomic mass is 9.92. The van der Waals surface area contributed by atoms with E-state index in [-0.39, 0.29) is 11.9 Å². The molecule has 0 unspecified atom stereocenters. The monoisotopic (exact) mass is 398 g/mol. The summed E-state index contributed by atoms with van der Waals surface area (Å²) in [5.41, 5.74) is 3.90. The van der Waals surface area contributed by atoms with Crippen LogP contribution in [-0.4, -0.2) is 31.2 Å². The van der Waals surface area contributed by atoms with Gasteiger partial charge in [-0.05, 0) is 61.9 Å². The van der Waals surface area contributed by atoms with Crippen LogP contribution in [-0.2, 0) is 34.2 Å². The van der Waals surface area contributed by atoms with E-state index < -0.39 is 10.0 Å². The van der Waals surface area contributed by atoms with Gasteiger partial charge in [0.15, 0.2) is 0 Å². The number of anilines is 1. The average molecular weight is 399 g/mol. The molecule has 0 saturated carbocycles. The summed E-state index contributed by atoms with van der Waals surface area (Å²) in [6.07, 6.45) is 2.75. The number of rotatable bonds is 5. The van der Waals surface area contributed by atoms with Gasteiger partial charge in [-0.3, -0.25) is 4.79 Å². The fourth-order valence-corrected chi connectivity index (χ4v) is 5.94. The van der Waals surface area contributed by atoms with Crippen molar-refractivity contribution in [2.24, 2.45) is 0 Å². The van der Waals surface area contributed by atoms with E-state index in [1.807, 2.05) is 49.1 Å². The largest absolute Gasteiger partial charge is 0.312 e. The molecule has 0 atom stereocenters. The van der Waals surface area contributed by atoms with Crippen molar-refractivity contribution in [3.63, 3.8) is 0 Å². The maximum Gasteiger partial charge on any atom is 0.243 e. The Balaban J connectivity index is 1.75. The van der Waals surface area contributed by atoms with E-state index in [9.17, 15) is 13.2 Å². The van der Waals surface area contributed by atoms with E-state index in [1.165, 1.54) is 0 Å². The molecule has 0 spiro atoms. The fourth-order valence-electron chi connectivity index (χ4n) is 4.21. The number of benzene rings is 2. The van der Waals surface area contributed by atoms with Crippen LogP contribution in [0, 0.1) is 0 Å². The van der Waals surface area contributed by atoms with Crippen LogP contribution in [0.5, 0.6) is 0 Å². The Morgan fingerprint density at radius 3 is 2.39 bits per heavy atom. The van der Waals surface area contributed by atoms with E-state index in [2.05, 4.69) is 0 Å². The second kappa shape index (κ2) is 7.33. The van der Waals surface area contributed by atoms with Gasteiger partial charge in [-0.15, -0.1) is 0 Å². The van der Waals surface area contributed by atoms with Crippen molar-refractivity contribution in [1.29, 1.82) is 0 Å². The van der Waals surface area contributed by atoms with E-state index in [1.54, 1.807) is 16.4 Å². The van der Waals surface area contributed by atoms with Crippen molar-refractivity contribution in [3.8, 4) is 0 Å². The van der Waals surface area contributed by atoms with Crippen molar-refractivity contribution < 1.29 is 13.2 Å². The van der Waals surface area contributed by atoms with Gasteiger partial charge in [-0.25, -0.2) is 8.42 Å². The first-order chi connectivity index (χ1) is 13.4. The van der Waals surface area contributed by atoms with Gasteiger partial charge >= 0.3 is 0 Å². The fraction of sp³-hybridized carbons (Fsp3) is 0.409. The standard InChI is InChI=1S/C22H26N2O3S/c1-16(2)24(15-17-7-4-3-5-8-17)28(26,27)20-13-18-9-6-12-23-21(25)11-10-19(14-20)22(18)23/h3-5,7-8,13-14,16H,6,9-12,15H2,1-2H3. The van der Waals surface area contributed by atoms with Crippen LogP contribution in [0.3, 0.4) is 0 Å². The van der Waals surface area contributed by atoms with Crippen LogP contribution in [0.25, 0.3) is 0 Å². The summed E-state index contributed by atoms with van der Waals surface area (Å²) < 4.78 is 28.6. The summed E-state index contributed by atoms with van der Waals surface area (Å²) in [6.45, 7) is 4.89. The smallest absolute Gasteiger partial charge is 0.243 e. The molecule has 6 heteroatoms. The van der Waals surface area contributed by atoms with E-state index in [0.29, 0.717) is 24.3 Å². The molecule has 0 saturated heterocycles. The molecule has 5 nitrogen and oxygen atoms in total. The topological polar surface area (TPSA) is 57.7 Å². The maximum atomic E-state index is 13.5. The van der Waals surface area contributed by atoms with E-state index in [0.717, 1.165) is 41.8 Å². The van der Waals surface area contributed by atoms with E-state index >= 15 is 0 Å². The molecule has 2 heterocycles. The lowest BCUT2D eigenvalue weighted by Crippen LogP contribution is -2.40. The van der Waals surface area contributed by atoms with Crippen molar-refractivity contribution in [3.05, 3.63) is 59.2 Å². The van der Waals surface area contributed by atoms with Gasteiger partial charge in [0.05, 0.1) is 10.6 Å². The first kappa shape index (κ1) is 19.2. The number of carbonyl (C=O) groups is 1. The highest BCUT2D eigenvalue weighted by Crippen LogP contribution is 2.38. The molecule has 0 bridgehead atoms. The van der Waals surface area contributed by atoms with Gasteiger partial charge in [-0.1, -0.05) is 30.3 Å². The number of sulfonamides is 1. The summed E-state index contributed by atoms with van der Waals surface area (Å²) in [5, 5.41) is 0. The highest BCUT2D eigenvalue weighted by atomic mass is 32.2. The maximum absolute atomic E-state index is 13.5. The SMILES string of the molecule is CC(C)N(Cc1ccccc1)S(=O)(=O)c1cc2c3c(c1)CCC(=O)N3CCC2. The van der Waals surface area contributed by atoms with Crippen molar-refractivity contribution in [2.45, 2.75) is 57.0 Å². The minimum absolute atomic E-state index is 0.150. The molecule has 0 radical (unpaired) electrons. The van der Waals surface area contributed by atoms with E-state index in [4.69, 9.17) is 0 Å². The molecule has 1 amide bonds. The molecule has 0 aliphatic carbocycles. The second-order valence-electron chi connectivity index (χ2n) is 7.87. The van der Waals surface area contributed by atoms with Crippen LogP contribution in [0.4, 0.5) is 5.69 Å². The molecule has 4 rings (SSSR count). The molecule has 2 aliphatic heterocycles. The van der Waals surface area contributed by atoms with Crippen LogP contribution < -0.4 is 4.90 Å². The van der Waals surface area contributed by atoms with Gasteiger partial charge in [-0.2, -0.15) is 4.31 Å². The number of nitrogens with zero attached hydrogens (tertiary/aromatic N) is 2. The zero-order chi connectivity index (χ0) is 19.9. The predicted molar refractivity (Wildman–Crippen MR) is 110 cm³/mol. The Hall–Kier alpha value is -2.18. The predicted octanol–water partition coefficient (Wildman–Crippen LogP) is 3.51. The zero-order valence-corrected chi connectivity index (χ0v) is 17.2. The molecule has 2 aromatic rings. The van der Waals surface area contributed by atoms with Crippen LogP contribution in [0.1, 0.15) is 43.4 Å². The summed E-state index contributed by atoms with van der Waals surface area (Å²) >= 11 is 0. The molecule has 0 fully saturated rings. The molecule has 148 valence electrons. The van der Waals surface area contributed by atoms with Crippen LogP contribution in [0.15, 0.2) is 47.4 Å². The Labute approximate surface area is 167 Å². The minimum Gasteiger partial charge on any atom is -0.312 e. The normalized spacial score (nSPS) is 16.6. The molecule has 0 aromatic heterocycles. The second-order valence-corrected chi connectivity index (χ2v) is 9.76. The molecular formula is C22H26N2O3S. The Bertz CT molecular complexity index is 983. The highest BCUT2D eigenvalue weighted by molar-refractivity contribution is 7.89. The lowest BCUT2D eigenvalue weighted by molar-refractivity contribution is -0.119. The average Bonchev–Trinajstić information content (AvgIpc) is 2.69. The van der Waals surface area contributed by atoms with Gasteiger partial charge in [0.25, 0.3) is 0 Å². The van der Waals surface area contributed by atoms with Gasteiger partial charge in [0.1, 0.15) is 0 Å². The molecule has 0 N–H and O–H groups in total. The summed E-state index contributed by atoms with van der Waals surface area (Å²) in [5.74, 6) is 0.150. The Kier molecular flexibility index (Phi) is 5.02. The zero-order valence-electron chi connectivity index (χ0n) is 16.4. The third-order valence-corrected chi connectivity index (χ3v) is 7.61. The minimum atomic E-state index is -3.64. The molecular weight excluding hydrogens is 372 g/mol.